The van der Waals surface area contributed by atoms with E-state index >= 15 is 0 Å². The Morgan fingerprint density at radius 1 is 0.800 bits per heavy atom. The summed E-state index contributed by atoms with van der Waals surface area (Å²) in [6.07, 6.45) is 0. The second-order valence-corrected chi connectivity index (χ2v) is 0. The molecular formula is H4BF3Na. The molecule has 0 aromatic rings. The van der Waals surface area contributed by atoms with Gasteiger partial charge in [0.1, 0.15) is 0 Å². The van der Waals surface area contributed by atoms with Crippen LogP contribution in [0.2, 0.25) is 0 Å². The molecule has 5 heavy (non-hydrogen) atoms. The van der Waals surface area contributed by atoms with Crippen LogP contribution in [0, 0.1) is 0 Å². The third-order valence-corrected chi connectivity index (χ3v) is 0. The summed E-state index contributed by atoms with van der Waals surface area (Å²) in [6.45, 7) is 0. The van der Waals surface area contributed by atoms with Crippen molar-refractivity contribution in [1.29, 1.82) is 0 Å². The second-order valence-electron chi connectivity index (χ2n) is 0. The Bertz CT molecular complexity index is 10.8. The Hall–Kier alpha value is 0.855. The fraction of sp³-hybridized carbons (Fsp3) is 0. The van der Waals surface area contributed by atoms with E-state index < -0.39 is 0 Å². The SMILES string of the molecule is F.F.F.[B].[H-].[Na+]. The summed E-state index contributed by atoms with van der Waals surface area (Å²) < 4.78 is 0. The first-order valence-corrected chi connectivity index (χ1v) is 0. The Labute approximate surface area is 53.8 Å². The van der Waals surface area contributed by atoms with Crippen molar-refractivity contribution < 1.29 is 45.1 Å². The molecule has 0 fully saturated rings. The van der Waals surface area contributed by atoms with E-state index in [2.05, 4.69) is 0 Å². The molecule has 0 aliphatic rings. The first kappa shape index (κ1) is 189. The molecule has 29 valence electrons. The van der Waals surface area contributed by atoms with Gasteiger partial charge in [0, 0.05) is 8.41 Å². The van der Waals surface area contributed by atoms with Crippen molar-refractivity contribution in [2.75, 3.05) is 0 Å². The molecule has 0 saturated carbocycles. The number of rotatable bonds is 0. The van der Waals surface area contributed by atoms with Crippen LogP contribution in [-0.2, 0) is 0 Å². The first-order chi connectivity index (χ1) is 0. The van der Waals surface area contributed by atoms with Crippen LogP contribution >= 0.6 is 0 Å². The molecule has 0 atom stereocenters. The van der Waals surface area contributed by atoms with Gasteiger partial charge >= 0.3 is 29.6 Å². The van der Waals surface area contributed by atoms with Gasteiger partial charge in [0.25, 0.3) is 0 Å². The molecule has 0 aliphatic carbocycles. The predicted octanol–water partition coefficient (Wildman–Crippen LogP) is -2.81. The molecule has 0 nitrogen and oxygen atoms in total. The summed E-state index contributed by atoms with van der Waals surface area (Å²) in [5.74, 6) is 0. The van der Waals surface area contributed by atoms with E-state index in [0.29, 0.717) is 0 Å². The minimum Gasteiger partial charge on any atom is -1.00 e. The average molecular weight is 94.8 g/mol. The summed E-state index contributed by atoms with van der Waals surface area (Å²) >= 11 is 0. The topological polar surface area (TPSA) is 0 Å². The van der Waals surface area contributed by atoms with E-state index in [0.717, 1.165) is 0 Å². The molecule has 0 spiro atoms. The molecule has 0 bridgehead atoms. The van der Waals surface area contributed by atoms with Crippen molar-refractivity contribution in [1.82, 2.24) is 0 Å². The smallest absolute Gasteiger partial charge is 1.00 e. The summed E-state index contributed by atoms with van der Waals surface area (Å²) in [5, 5.41) is 0. The van der Waals surface area contributed by atoms with Gasteiger partial charge in [-0.1, -0.05) is 0 Å². The molecule has 5 heteroatoms. The third kappa shape index (κ3) is 54.1. The third-order valence-electron chi connectivity index (χ3n) is 0. The summed E-state index contributed by atoms with van der Waals surface area (Å²) in [5.41, 5.74) is 0. The summed E-state index contributed by atoms with van der Waals surface area (Å²) in [6, 6.07) is 0. The second kappa shape index (κ2) is 98.7. The molecule has 0 unspecified atom stereocenters. The zero-order valence-corrected chi connectivity index (χ0v) is 4.80. The summed E-state index contributed by atoms with van der Waals surface area (Å²) in [4.78, 5) is 0. The van der Waals surface area contributed by atoms with Gasteiger partial charge < -0.3 is 1.43 Å². The number of hydrogen-bond donors (Lipinski definition) is 0. The molecular weight excluding hydrogens is 90.8 g/mol. The number of hydrogen-bond acceptors (Lipinski definition) is 0. The molecule has 0 amide bonds. The Balaban J connectivity index is 0. The first-order valence-electron chi connectivity index (χ1n) is 0. The van der Waals surface area contributed by atoms with Crippen LogP contribution in [0.1, 0.15) is 1.43 Å². The molecule has 0 saturated heterocycles. The molecule has 0 aliphatic heterocycles. The van der Waals surface area contributed by atoms with Gasteiger partial charge in [0.15, 0.2) is 0 Å². The predicted molar refractivity (Wildman–Crippen MR) is 14.4 cm³/mol. The maximum absolute atomic E-state index is 0. The van der Waals surface area contributed by atoms with Crippen LogP contribution in [0.4, 0.5) is 14.1 Å². The van der Waals surface area contributed by atoms with Crippen molar-refractivity contribution >= 4 is 8.41 Å². The van der Waals surface area contributed by atoms with Gasteiger partial charge in [-0.15, -0.1) is 0 Å². The van der Waals surface area contributed by atoms with Crippen LogP contribution in [0.5, 0.6) is 0 Å². The van der Waals surface area contributed by atoms with Crippen LogP contribution in [0.25, 0.3) is 0 Å². The fourth-order valence-electron chi connectivity index (χ4n) is 0. The van der Waals surface area contributed by atoms with Crippen molar-refractivity contribution in [3.8, 4) is 0 Å². The van der Waals surface area contributed by atoms with E-state index in [-0.39, 0.29) is 53.5 Å². The maximum atomic E-state index is 0. The minimum absolute atomic E-state index is 0. The van der Waals surface area contributed by atoms with Crippen LogP contribution in [-0.4, -0.2) is 8.41 Å². The molecule has 0 N–H and O–H groups in total. The summed E-state index contributed by atoms with van der Waals surface area (Å²) in [7, 11) is 0. The molecule has 0 heterocycles. The van der Waals surface area contributed by atoms with Crippen molar-refractivity contribution in [3.63, 3.8) is 0 Å². The van der Waals surface area contributed by atoms with E-state index in [1.165, 1.54) is 0 Å². The largest absolute Gasteiger partial charge is 1.00 e. The van der Waals surface area contributed by atoms with Crippen LogP contribution in [0.15, 0.2) is 0 Å². The van der Waals surface area contributed by atoms with E-state index in [4.69, 9.17) is 0 Å². The van der Waals surface area contributed by atoms with Gasteiger partial charge in [-0.3, -0.25) is 14.1 Å². The van der Waals surface area contributed by atoms with E-state index in [9.17, 15) is 0 Å². The molecule has 3 radical (unpaired) electrons. The average Bonchev–Trinajstić information content (AvgIpc) is 0. The maximum Gasteiger partial charge on any atom is 1.00 e. The van der Waals surface area contributed by atoms with Crippen molar-refractivity contribution in [2.24, 2.45) is 0 Å². The molecule has 0 aromatic carbocycles. The fourth-order valence-corrected chi connectivity index (χ4v) is 0. The van der Waals surface area contributed by atoms with Crippen molar-refractivity contribution in [3.05, 3.63) is 0 Å². The minimum atomic E-state index is 0. The zero-order chi connectivity index (χ0) is 0. The monoisotopic (exact) mass is 95.0 g/mol. The number of halogens is 3. The van der Waals surface area contributed by atoms with Gasteiger partial charge in [-0.2, -0.15) is 0 Å². The Morgan fingerprint density at radius 2 is 0.800 bits per heavy atom. The molecule has 0 aromatic heterocycles. The van der Waals surface area contributed by atoms with Crippen molar-refractivity contribution in [2.45, 2.75) is 0 Å². The van der Waals surface area contributed by atoms with Gasteiger partial charge in [-0.05, 0) is 0 Å². The zero-order valence-electron chi connectivity index (χ0n) is 3.80. The van der Waals surface area contributed by atoms with Gasteiger partial charge in [-0.25, -0.2) is 0 Å². The van der Waals surface area contributed by atoms with Gasteiger partial charge in [0.05, 0.1) is 0 Å². The Morgan fingerprint density at radius 3 is 0.800 bits per heavy atom. The van der Waals surface area contributed by atoms with E-state index in [1.54, 1.807) is 0 Å². The van der Waals surface area contributed by atoms with Gasteiger partial charge in [0.2, 0.25) is 0 Å². The standard InChI is InChI=1S/B.3FH.Na.H/h;3*1H;;/q;;;;+1;-1. The Kier molecular flexibility index (Phi) is 3730. The van der Waals surface area contributed by atoms with Crippen LogP contribution < -0.4 is 29.6 Å². The quantitative estimate of drug-likeness (QED) is 0.285. The van der Waals surface area contributed by atoms with Crippen LogP contribution in [0.3, 0.4) is 0 Å². The normalized spacial score (nSPS) is 0. The molecule has 0 rings (SSSR count). The van der Waals surface area contributed by atoms with E-state index in [1.807, 2.05) is 0 Å².